The number of piperidine rings is 1. The first-order chi connectivity index (χ1) is 8.63. The molecule has 2 unspecified atom stereocenters. The summed E-state index contributed by atoms with van der Waals surface area (Å²) in [4.78, 5) is 25.0. The van der Waals surface area contributed by atoms with E-state index in [-0.39, 0.29) is 11.8 Å². The highest BCUT2D eigenvalue weighted by atomic mass is 16.6. The van der Waals surface area contributed by atoms with Gasteiger partial charge in [-0.05, 0) is 45.4 Å². The molecule has 0 aromatic rings. The fourth-order valence-electron chi connectivity index (χ4n) is 2.57. The average Bonchev–Trinajstić information content (AvgIpc) is 2.25. The molecule has 0 radical (unpaired) electrons. The molecule has 1 amide bonds. The first-order valence-electron chi connectivity index (χ1n) is 6.86. The van der Waals surface area contributed by atoms with E-state index in [1.807, 2.05) is 13.8 Å². The van der Waals surface area contributed by atoms with E-state index >= 15 is 0 Å². The summed E-state index contributed by atoms with van der Waals surface area (Å²) in [6.07, 6.45) is 1.14. The van der Waals surface area contributed by atoms with Crippen LogP contribution in [0.15, 0.2) is 0 Å². The fourth-order valence-corrected chi connectivity index (χ4v) is 2.57. The quantitative estimate of drug-likeness (QED) is 0.838. The minimum atomic E-state index is -0.941. The van der Waals surface area contributed by atoms with Gasteiger partial charge in [0.1, 0.15) is 11.6 Å². The molecule has 1 heterocycles. The summed E-state index contributed by atoms with van der Waals surface area (Å²) in [7, 11) is 0. The number of hydrogen-bond acceptors (Lipinski definition) is 3. The van der Waals surface area contributed by atoms with Crippen molar-refractivity contribution < 1.29 is 19.4 Å². The van der Waals surface area contributed by atoms with Crippen LogP contribution < -0.4 is 0 Å². The molecule has 5 nitrogen and oxygen atoms in total. The molecule has 1 N–H and O–H groups in total. The van der Waals surface area contributed by atoms with Crippen LogP contribution in [0.1, 0.15) is 47.5 Å². The lowest BCUT2D eigenvalue weighted by molar-refractivity contribution is -0.147. The molecule has 1 aliphatic heterocycles. The molecule has 110 valence electrons. The summed E-state index contributed by atoms with van der Waals surface area (Å²) in [5.41, 5.74) is -0.606. The van der Waals surface area contributed by atoms with E-state index in [2.05, 4.69) is 0 Å². The molecular formula is C14H25NO4. The number of carbonyl (C=O) groups excluding carboxylic acids is 1. The predicted molar refractivity (Wildman–Crippen MR) is 71.9 cm³/mol. The van der Waals surface area contributed by atoms with Crippen molar-refractivity contribution in [3.8, 4) is 0 Å². The fraction of sp³-hybridized carbons (Fsp3) is 0.857. The number of carboxylic acid groups (broad SMARTS) is 1. The van der Waals surface area contributed by atoms with Crippen LogP contribution in [0.4, 0.5) is 4.79 Å². The maximum Gasteiger partial charge on any atom is 0.411 e. The van der Waals surface area contributed by atoms with Crippen molar-refractivity contribution in [1.29, 1.82) is 0 Å². The molecule has 0 aromatic heterocycles. The Morgan fingerprint density at radius 2 is 1.89 bits per heavy atom. The van der Waals surface area contributed by atoms with Gasteiger partial charge in [-0.1, -0.05) is 13.8 Å². The Kier molecular flexibility index (Phi) is 4.82. The average molecular weight is 271 g/mol. The largest absolute Gasteiger partial charge is 0.480 e. The lowest BCUT2D eigenvalue weighted by Crippen LogP contribution is -2.54. The lowest BCUT2D eigenvalue weighted by Gasteiger charge is -2.40. The van der Waals surface area contributed by atoms with Gasteiger partial charge >= 0.3 is 12.1 Å². The highest BCUT2D eigenvalue weighted by molar-refractivity contribution is 5.80. The molecule has 0 bridgehead atoms. The summed E-state index contributed by atoms with van der Waals surface area (Å²) in [5, 5.41) is 9.43. The molecule has 5 heteroatoms. The van der Waals surface area contributed by atoms with Gasteiger partial charge in [0, 0.05) is 6.54 Å². The van der Waals surface area contributed by atoms with Crippen LogP contribution in [-0.4, -0.2) is 40.3 Å². The number of hydrogen-bond donors (Lipinski definition) is 1. The van der Waals surface area contributed by atoms with Crippen molar-refractivity contribution in [2.45, 2.75) is 59.1 Å². The van der Waals surface area contributed by atoms with Gasteiger partial charge in [-0.3, -0.25) is 4.90 Å². The minimum Gasteiger partial charge on any atom is -0.480 e. The van der Waals surface area contributed by atoms with Crippen LogP contribution in [0.25, 0.3) is 0 Å². The van der Waals surface area contributed by atoms with Crippen molar-refractivity contribution in [2.24, 2.45) is 11.8 Å². The van der Waals surface area contributed by atoms with E-state index < -0.39 is 23.7 Å². The molecule has 1 fully saturated rings. The number of amides is 1. The molecule has 1 aliphatic rings. The number of ether oxygens (including phenoxy) is 1. The SMILES string of the molecule is CC(C)C1CCCN(C(=O)OC(C)(C)C)C1C(=O)O. The Hall–Kier alpha value is -1.26. The van der Waals surface area contributed by atoms with E-state index in [4.69, 9.17) is 4.74 Å². The number of carbonyl (C=O) groups is 2. The van der Waals surface area contributed by atoms with E-state index in [0.717, 1.165) is 12.8 Å². The Morgan fingerprint density at radius 1 is 1.32 bits per heavy atom. The number of rotatable bonds is 2. The van der Waals surface area contributed by atoms with E-state index in [1.165, 1.54) is 4.90 Å². The van der Waals surface area contributed by atoms with Crippen molar-refractivity contribution >= 4 is 12.1 Å². The summed E-state index contributed by atoms with van der Waals surface area (Å²) in [5.74, 6) is -0.727. The third kappa shape index (κ3) is 4.11. The number of likely N-dealkylation sites (tertiary alicyclic amines) is 1. The van der Waals surface area contributed by atoms with Crippen molar-refractivity contribution in [3.05, 3.63) is 0 Å². The second-order valence-electron chi connectivity index (χ2n) is 6.51. The Bertz CT molecular complexity index is 346. The van der Waals surface area contributed by atoms with E-state index in [9.17, 15) is 14.7 Å². The second-order valence-corrected chi connectivity index (χ2v) is 6.51. The Morgan fingerprint density at radius 3 is 2.32 bits per heavy atom. The molecule has 2 atom stereocenters. The lowest BCUT2D eigenvalue weighted by atomic mass is 9.81. The van der Waals surface area contributed by atoms with Crippen LogP contribution >= 0.6 is 0 Å². The van der Waals surface area contributed by atoms with Crippen LogP contribution in [-0.2, 0) is 9.53 Å². The monoisotopic (exact) mass is 271 g/mol. The maximum atomic E-state index is 12.1. The standard InChI is InChI=1S/C14H25NO4/c1-9(2)10-7-6-8-15(11(10)12(16)17)13(18)19-14(3,4)5/h9-11H,6-8H2,1-5H3,(H,16,17). The Labute approximate surface area is 114 Å². The highest BCUT2D eigenvalue weighted by Gasteiger charge is 2.42. The van der Waals surface area contributed by atoms with Gasteiger partial charge in [0.05, 0.1) is 0 Å². The summed E-state index contributed by atoms with van der Waals surface area (Å²) < 4.78 is 5.31. The van der Waals surface area contributed by atoms with Gasteiger partial charge in [-0.25, -0.2) is 9.59 Å². The molecule has 0 spiro atoms. The van der Waals surface area contributed by atoms with Gasteiger partial charge < -0.3 is 9.84 Å². The zero-order chi connectivity index (χ0) is 14.8. The molecule has 0 aliphatic carbocycles. The smallest absolute Gasteiger partial charge is 0.411 e. The van der Waals surface area contributed by atoms with Gasteiger partial charge in [0.15, 0.2) is 0 Å². The van der Waals surface area contributed by atoms with Crippen molar-refractivity contribution in [2.75, 3.05) is 6.54 Å². The third-order valence-electron chi connectivity index (χ3n) is 3.42. The van der Waals surface area contributed by atoms with Crippen LogP contribution in [0.5, 0.6) is 0 Å². The van der Waals surface area contributed by atoms with Crippen LogP contribution in [0.3, 0.4) is 0 Å². The van der Waals surface area contributed by atoms with E-state index in [1.54, 1.807) is 20.8 Å². The summed E-state index contributed by atoms with van der Waals surface area (Å²) >= 11 is 0. The zero-order valence-electron chi connectivity index (χ0n) is 12.5. The zero-order valence-corrected chi connectivity index (χ0v) is 12.5. The van der Waals surface area contributed by atoms with Crippen molar-refractivity contribution in [3.63, 3.8) is 0 Å². The van der Waals surface area contributed by atoms with Gasteiger partial charge in [-0.15, -0.1) is 0 Å². The summed E-state index contributed by atoms with van der Waals surface area (Å²) in [6, 6.07) is -0.774. The third-order valence-corrected chi connectivity index (χ3v) is 3.42. The number of carboxylic acids is 1. The number of aliphatic carboxylic acids is 1. The van der Waals surface area contributed by atoms with Gasteiger partial charge in [0.25, 0.3) is 0 Å². The van der Waals surface area contributed by atoms with Crippen LogP contribution in [0, 0.1) is 11.8 Å². The second kappa shape index (κ2) is 5.80. The minimum absolute atomic E-state index is 0.0150. The molecule has 0 aromatic carbocycles. The highest BCUT2D eigenvalue weighted by Crippen LogP contribution is 2.31. The maximum absolute atomic E-state index is 12.1. The molecule has 1 rings (SSSR count). The number of nitrogens with zero attached hydrogens (tertiary/aromatic N) is 1. The Balaban J connectivity index is 2.90. The first-order valence-corrected chi connectivity index (χ1v) is 6.86. The van der Waals surface area contributed by atoms with Gasteiger partial charge in [0.2, 0.25) is 0 Å². The molecule has 1 saturated heterocycles. The van der Waals surface area contributed by atoms with Gasteiger partial charge in [-0.2, -0.15) is 0 Å². The molecule has 19 heavy (non-hydrogen) atoms. The van der Waals surface area contributed by atoms with E-state index in [0.29, 0.717) is 6.54 Å². The molecular weight excluding hydrogens is 246 g/mol. The topological polar surface area (TPSA) is 66.8 Å². The van der Waals surface area contributed by atoms with Crippen molar-refractivity contribution in [1.82, 2.24) is 4.90 Å². The first kappa shape index (κ1) is 15.8. The van der Waals surface area contributed by atoms with Crippen LogP contribution in [0.2, 0.25) is 0 Å². The predicted octanol–water partition coefficient (Wildman–Crippen LogP) is 2.74. The summed E-state index contributed by atoms with van der Waals surface area (Å²) in [6.45, 7) is 9.80. The molecule has 0 saturated carbocycles. The normalized spacial score (nSPS) is 24.4.